The van der Waals surface area contributed by atoms with Crippen LogP contribution in [-0.4, -0.2) is 67.0 Å². The molecule has 1 aliphatic heterocycles. The summed E-state index contributed by atoms with van der Waals surface area (Å²) in [7, 11) is 0. The average Bonchev–Trinajstić information content (AvgIpc) is 3.24. The van der Waals surface area contributed by atoms with Crippen molar-refractivity contribution in [2.24, 2.45) is 0 Å². The highest BCUT2D eigenvalue weighted by Crippen LogP contribution is 2.18. The summed E-state index contributed by atoms with van der Waals surface area (Å²) in [6, 6.07) is 0. The summed E-state index contributed by atoms with van der Waals surface area (Å²) in [6.45, 7) is 5.78. The van der Waals surface area contributed by atoms with Gasteiger partial charge >= 0.3 is 0 Å². The molecule has 8 heteroatoms. The molecule has 0 unspecified atom stereocenters. The Morgan fingerprint density at radius 3 is 2.32 bits per heavy atom. The number of aromatic nitrogens is 6. The molecule has 4 heterocycles. The normalized spacial score (nSPS) is 16.5. The van der Waals surface area contributed by atoms with E-state index >= 15 is 0 Å². The lowest BCUT2D eigenvalue weighted by atomic mass is 10.3. The molecule has 4 rings (SSSR count). The Balaban J connectivity index is 1.38. The van der Waals surface area contributed by atoms with Crippen LogP contribution in [0.5, 0.6) is 0 Å². The van der Waals surface area contributed by atoms with Crippen LogP contribution in [-0.2, 0) is 6.54 Å². The van der Waals surface area contributed by atoms with Gasteiger partial charge in [-0.1, -0.05) is 0 Å². The van der Waals surface area contributed by atoms with Gasteiger partial charge in [-0.2, -0.15) is 15.0 Å². The topological polar surface area (TPSA) is 67.4 Å². The van der Waals surface area contributed by atoms with Crippen molar-refractivity contribution in [1.29, 1.82) is 0 Å². The Morgan fingerprint density at radius 2 is 1.55 bits per heavy atom. The Labute approximate surface area is 128 Å². The Morgan fingerprint density at radius 1 is 0.818 bits per heavy atom. The molecular formula is C14H18N8. The molecule has 3 aromatic heterocycles. The number of piperazine rings is 1. The van der Waals surface area contributed by atoms with Gasteiger partial charge in [0.05, 0.1) is 18.9 Å². The first-order valence-electron chi connectivity index (χ1n) is 7.49. The minimum absolute atomic E-state index is 0.834. The Kier molecular flexibility index (Phi) is 3.43. The van der Waals surface area contributed by atoms with E-state index in [1.165, 1.54) is 0 Å². The molecule has 0 N–H and O–H groups in total. The second-order valence-electron chi connectivity index (χ2n) is 5.36. The van der Waals surface area contributed by atoms with Crippen molar-refractivity contribution in [2.75, 3.05) is 37.6 Å². The summed E-state index contributed by atoms with van der Waals surface area (Å²) in [4.78, 5) is 15.4. The monoisotopic (exact) mass is 298 g/mol. The van der Waals surface area contributed by atoms with Crippen molar-refractivity contribution in [2.45, 2.75) is 6.54 Å². The van der Waals surface area contributed by atoms with Crippen molar-refractivity contribution in [3.8, 4) is 0 Å². The van der Waals surface area contributed by atoms with E-state index in [-0.39, 0.29) is 0 Å². The van der Waals surface area contributed by atoms with Gasteiger partial charge in [-0.15, -0.1) is 0 Å². The number of fused-ring (bicyclic) bond motifs is 1. The van der Waals surface area contributed by atoms with Crippen LogP contribution in [0.15, 0.2) is 37.2 Å². The van der Waals surface area contributed by atoms with E-state index in [2.05, 4.69) is 30.0 Å². The standard InChI is InChI=1S/C14H18N8/c1-2-18-22(17-1)12-9-19-7-10-21(11-8-19)14-13-15-3-5-20(13)6-4-16-14/h1-6H,7-12H2. The predicted octanol–water partition coefficient (Wildman–Crippen LogP) is 0.143. The first-order valence-corrected chi connectivity index (χ1v) is 7.49. The molecule has 0 amide bonds. The predicted molar refractivity (Wildman–Crippen MR) is 81.7 cm³/mol. The number of imidazole rings is 1. The van der Waals surface area contributed by atoms with Gasteiger partial charge in [0.2, 0.25) is 0 Å². The minimum Gasteiger partial charge on any atom is -0.351 e. The molecule has 22 heavy (non-hydrogen) atoms. The number of rotatable bonds is 4. The van der Waals surface area contributed by atoms with Gasteiger partial charge < -0.3 is 9.30 Å². The molecule has 3 aromatic rings. The molecule has 0 aliphatic carbocycles. The van der Waals surface area contributed by atoms with Crippen LogP contribution >= 0.6 is 0 Å². The molecule has 1 saturated heterocycles. The summed E-state index contributed by atoms with van der Waals surface area (Å²) in [6.07, 6.45) is 11.0. The second kappa shape index (κ2) is 5.72. The van der Waals surface area contributed by atoms with Crippen molar-refractivity contribution in [3.63, 3.8) is 0 Å². The number of nitrogens with zero attached hydrogens (tertiary/aromatic N) is 8. The summed E-state index contributed by atoms with van der Waals surface area (Å²) >= 11 is 0. The van der Waals surface area contributed by atoms with Gasteiger partial charge in [-0.25, -0.2) is 9.97 Å². The van der Waals surface area contributed by atoms with Gasteiger partial charge in [-0.05, 0) is 0 Å². The quantitative estimate of drug-likeness (QED) is 0.683. The number of hydrogen-bond acceptors (Lipinski definition) is 6. The van der Waals surface area contributed by atoms with Crippen LogP contribution in [0.2, 0.25) is 0 Å². The van der Waals surface area contributed by atoms with Crippen LogP contribution in [0.25, 0.3) is 5.65 Å². The molecule has 114 valence electrons. The fourth-order valence-electron chi connectivity index (χ4n) is 2.84. The van der Waals surface area contributed by atoms with E-state index in [1.54, 1.807) is 17.2 Å². The van der Waals surface area contributed by atoms with Gasteiger partial charge in [0.1, 0.15) is 0 Å². The summed E-state index contributed by atoms with van der Waals surface area (Å²) in [5, 5.41) is 8.28. The SMILES string of the molecule is c1cn2ccnc2c(N2CCN(CCn3nccn3)CC2)n1. The van der Waals surface area contributed by atoms with Gasteiger partial charge in [-0.3, -0.25) is 4.90 Å². The molecule has 8 nitrogen and oxygen atoms in total. The highest BCUT2D eigenvalue weighted by Gasteiger charge is 2.20. The Bertz CT molecular complexity index is 726. The van der Waals surface area contributed by atoms with Gasteiger partial charge in [0.15, 0.2) is 11.5 Å². The highest BCUT2D eigenvalue weighted by atomic mass is 15.5. The smallest absolute Gasteiger partial charge is 0.180 e. The maximum atomic E-state index is 4.51. The van der Waals surface area contributed by atoms with Crippen molar-refractivity contribution < 1.29 is 0 Å². The van der Waals surface area contributed by atoms with Crippen LogP contribution in [0.4, 0.5) is 5.82 Å². The van der Waals surface area contributed by atoms with Crippen molar-refractivity contribution in [3.05, 3.63) is 37.2 Å². The molecule has 0 atom stereocenters. The first kappa shape index (κ1) is 13.2. The van der Waals surface area contributed by atoms with E-state index < -0.39 is 0 Å². The third-order valence-corrected chi connectivity index (χ3v) is 4.05. The van der Waals surface area contributed by atoms with Crippen molar-refractivity contribution in [1.82, 2.24) is 34.3 Å². The zero-order valence-corrected chi connectivity index (χ0v) is 12.3. The largest absolute Gasteiger partial charge is 0.351 e. The van der Waals surface area contributed by atoms with Gasteiger partial charge in [0, 0.05) is 57.5 Å². The summed E-state index contributed by atoms with van der Waals surface area (Å²) in [5.74, 6) is 0.973. The third kappa shape index (κ3) is 2.52. The van der Waals surface area contributed by atoms with Crippen LogP contribution in [0.1, 0.15) is 0 Å². The molecule has 1 fully saturated rings. The molecule has 0 aromatic carbocycles. The van der Waals surface area contributed by atoms with E-state index in [9.17, 15) is 0 Å². The fraction of sp³-hybridized carbons (Fsp3) is 0.429. The lowest BCUT2D eigenvalue weighted by Gasteiger charge is -2.35. The molecule has 0 radical (unpaired) electrons. The maximum Gasteiger partial charge on any atom is 0.180 e. The van der Waals surface area contributed by atoms with Crippen LogP contribution in [0, 0.1) is 0 Å². The number of hydrogen-bond donors (Lipinski definition) is 0. The lowest BCUT2D eigenvalue weighted by molar-refractivity contribution is 0.239. The lowest BCUT2D eigenvalue weighted by Crippen LogP contribution is -2.47. The maximum absolute atomic E-state index is 4.51. The Hall–Kier alpha value is -2.48. The van der Waals surface area contributed by atoms with E-state index in [0.717, 1.165) is 50.7 Å². The third-order valence-electron chi connectivity index (χ3n) is 4.05. The average molecular weight is 298 g/mol. The molecule has 0 saturated carbocycles. The minimum atomic E-state index is 0.834. The van der Waals surface area contributed by atoms with Crippen LogP contribution < -0.4 is 4.90 Å². The molecule has 0 bridgehead atoms. The van der Waals surface area contributed by atoms with E-state index in [4.69, 9.17) is 0 Å². The number of anilines is 1. The zero-order valence-electron chi connectivity index (χ0n) is 12.3. The molecule has 0 spiro atoms. The highest BCUT2D eigenvalue weighted by molar-refractivity contribution is 5.64. The molecule has 1 aliphatic rings. The second-order valence-corrected chi connectivity index (χ2v) is 5.36. The summed E-state index contributed by atoms with van der Waals surface area (Å²) < 4.78 is 2.01. The zero-order chi connectivity index (χ0) is 14.8. The first-order chi connectivity index (χ1) is 10.9. The fourth-order valence-corrected chi connectivity index (χ4v) is 2.84. The summed E-state index contributed by atoms with van der Waals surface area (Å²) in [5.41, 5.74) is 0.927. The van der Waals surface area contributed by atoms with Gasteiger partial charge in [0.25, 0.3) is 0 Å². The van der Waals surface area contributed by atoms with E-state index in [1.807, 2.05) is 29.2 Å². The van der Waals surface area contributed by atoms with Crippen LogP contribution in [0.3, 0.4) is 0 Å². The molecular weight excluding hydrogens is 280 g/mol. The van der Waals surface area contributed by atoms with E-state index in [0.29, 0.717) is 0 Å². The van der Waals surface area contributed by atoms with Crippen molar-refractivity contribution >= 4 is 11.5 Å².